The maximum Gasteiger partial charge on any atom is 0.188 e. The summed E-state index contributed by atoms with van der Waals surface area (Å²) in [6, 6.07) is 12.6. The summed E-state index contributed by atoms with van der Waals surface area (Å²) in [5, 5.41) is 9.29. The molecule has 2 aromatic carbocycles. The third-order valence-corrected chi connectivity index (χ3v) is 4.70. The predicted molar refractivity (Wildman–Crippen MR) is 116 cm³/mol. The van der Waals surface area contributed by atoms with Crippen molar-refractivity contribution in [3.05, 3.63) is 52.6 Å². The van der Waals surface area contributed by atoms with Crippen molar-refractivity contribution in [3.8, 4) is 11.8 Å². The first-order chi connectivity index (χ1) is 13.3. The van der Waals surface area contributed by atoms with Crippen molar-refractivity contribution < 1.29 is 9.47 Å². The van der Waals surface area contributed by atoms with Crippen LogP contribution in [-0.2, 0) is 4.74 Å². The molecule has 0 aliphatic carbocycles. The zero-order chi connectivity index (χ0) is 20.8. The minimum atomic E-state index is 0.239. The molecule has 4 nitrogen and oxygen atoms in total. The van der Waals surface area contributed by atoms with Crippen molar-refractivity contribution in [1.29, 1.82) is 5.26 Å². The zero-order valence-corrected chi connectivity index (χ0v) is 18.2. The number of nitriles is 1. The Morgan fingerprint density at radius 1 is 1.04 bits per heavy atom. The van der Waals surface area contributed by atoms with Gasteiger partial charge in [-0.15, -0.1) is 0 Å². The molecule has 2 aromatic rings. The highest BCUT2D eigenvalue weighted by Crippen LogP contribution is 2.37. The van der Waals surface area contributed by atoms with Crippen molar-refractivity contribution in [1.82, 2.24) is 0 Å². The van der Waals surface area contributed by atoms with E-state index in [0.717, 1.165) is 34.7 Å². The van der Waals surface area contributed by atoms with Gasteiger partial charge >= 0.3 is 0 Å². The van der Waals surface area contributed by atoms with Crippen LogP contribution in [0.5, 0.6) is 5.75 Å². The van der Waals surface area contributed by atoms with Gasteiger partial charge in [-0.2, -0.15) is 5.26 Å². The van der Waals surface area contributed by atoms with Gasteiger partial charge in [0.05, 0.1) is 11.6 Å². The van der Waals surface area contributed by atoms with Crippen LogP contribution in [-0.4, -0.2) is 20.4 Å². The molecule has 0 aliphatic rings. The summed E-state index contributed by atoms with van der Waals surface area (Å²) in [5.41, 5.74) is 6.40. The van der Waals surface area contributed by atoms with E-state index in [1.807, 2.05) is 18.2 Å². The Morgan fingerprint density at radius 3 is 2.18 bits per heavy atom. The molecule has 0 heterocycles. The molecule has 2 rings (SSSR count). The summed E-state index contributed by atoms with van der Waals surface area (Å²) in [6.07, 6.45) is 0. The number of nitrogens with zero attached hydrogens (tertiary/aromatic N) is 2. The van der Waals surface area contributed by atoms with Crippen LogP contribution >= 0.6 is 0 Å². The van der Waals surface area contributed by atoms with Gasteiger partial charge in [0.15, 0.2) is 6.79 Å². The van der Waals surface area contributed by atoms with Gasteiger partial charge in [-0.25, -0.2) is 0 Å². The highest BCUT2D eigenvalue weighted by molar-refractivity contribution is 5.72. The second kappa shape index (κ2) is 9.61. The van der Waals surface area contributed by atoms with Crippen LogP contribution in [0, 0.1) is 31.1 Å². The largest absolute Gasteiger partial charge is 0.467 e. The first-order valence-electron chi connectivity index (χ1n) is 9.83. The molecule has 0 amide bonds. The summed E-state index contributed by atoms with van der Waals surface area (Å²) in [4.78, 5) is 2.36. The molecule has 0 radical (unpaired) electrons. The zero-order valence-electron chi connectivity index (χ0n) is 18.2. The van der Waals surface area contributed by atoms with E-state index in [4.69, 9.17) is 9.47 Å². The van der Waals surface area contributed by atoms with Gasteiger partial charge in [0.1, 0.15) is 5.75 Å². The van der Waals surface area contributed by atoms with Crippen molar-refractivity contribution in [2.45, 2.75) is 47.5 Å². The van der Waals surface area contributed by atoms with Gasteiger partial charge in [0, 0.05) is 25.0 Å². The van der Waals surface area contributed by atoms with Crippen LogP contribution in [0.1, 0.15) is 55.9 Å². The van der Waals surface area contributed by atoms with Crippen LogP contribution in [0.4, 0.5) is 11.4 Å². The fourth-order valence-electron chi connectivity index (χ4n) is 3.55. The fraction of sp³-hybridized carbons (Fsp3) is 0.458. The van der Waals surface area contributed by atoms with Crippen molar-refractivity contribution >= 4 is 11.4 Å². The maximum atomic E-state index is 9.29. The summed E-state index contributed by atoms with van der Waals surface area (Å²) in [5.74, 6) is 1.68. The lowest BCUT2D eigenvalue weighted by molar-refractivity contribution is 0.0503. The topological polar surface area (TPSA) is 45.5 Å². The predicted octanol–water partition coefficient (Wildman–Crippen LogP) is 6.08. The number of aryl methyl sites for hydroxylation is 2. The summed E-state index contributed by atoms with van der Waals surface area (Å²) < 4.78 is 10.8. The van der Waals surface area contributed by atoms with E-state index in [-0.39, 0.29) is 6.79 Å². The van der Waals surface area contributed by atoms with Crippen LogP contribution in [0.2, 0.25) is 0 Å². The third-order valence-electron chi connectivity index (χ3n) is 4.70. The molecule has 0 spiro atoms. The monoisotopic (exact) mass is 380 g/mol. The van der Waals surface area contributed by atoms with E-state index in [1.54, 1.807) is 7.11 Å². The lowest BCUT2D eigenvalue weighted by atomic mass is 9.98. The normalized spacial score (nSPS) is 11.0. The molecular weight excluding hydrogens is 348 g/mol. The Balaban J connectivity index is 2.58. The molecular formula is C24H32N2O2. The average Bonchev–Trinajstić information content (AvgIpc) is 2.64. The highest BCUT2D eigenvalue weighted by atomic mass is 16.7. The Morgan fingerprint density at radius 2 is 1.68 bits per heavy atom. The Hall–Kier alpha value is -2.51. The number of hydrogen-bond acceptors (Lipinski definition) is 4. The molecule has 0 unspecified atom stereocenters. The van der Waals surface area contributed by atoms with Crippen molar-refractivity contribution in [2.24, 2.45) is 5.92 Å². The van der Waals surface area contributed by atoms with Gasteiger partial charge in [-0.1, -0.05) is 27.7 Å². The number of rotatable bonds is 8. The second-order valence-electron chi connectivity index (χ2n) is 8.00. The number of ether oxygens (including phenoxy) is 2. The maximum absolute atomic E-state index is 9.29. The van der Waals surface area contributed by atoms with Crippen LogP contribution < -0.4 is 9.64 Å². The Kier molecular flexibility index (Phi) is 7.48. The highest BCUT2D eigenvalue weighted by Gasteiger charge is 2.19. The molecule has 0 aliphatic heterocycles. The molecule has 0 fully saturated rings. The van der Waals surface area contributed by atoms with Crippen LogP contribution in [0.25, 0.3) is 0 Å². The van der Waals surface area contributed by atoms with E-state index in [9.17, 15) is 5.26 Å². The number of methoxy groups -OCH3 is 1. The summed E-state index contributed by atoms with van der Waals surface area (Å²) >= 11 is 0. The molecule has 0 bridgehead atoms. The van der Waals surface area contributed by atoms with Gasteiger partial charge in [-0.3, -0.25) is 0 Å². The smallest absolute Gasteiger partial charge is 0.188 e. The third kappa shape index (κ3) is 5.05. The van der Waals surface area contributed by atoms with Crippen LogP contribution in [0.15, 0.2) is 30.3 Å². The second-order valence-corrected chi connectivity index (χ2v) is 8.00. The van der Waals surface area contributed by atoms with Crippen LogP contribution in [0.3, 0.4) is 0 Å². The lowest BCUT2D eigenvalue weighted by Crippen LogP contribution is -2.24. The molecule has 150 valence electrons. The van der Waals surface area contributed by atoms with Gasteiger partial charge in [0.25, 0.3) is 0 Å². The molecule has 0 saturated carbocycles. The molecule has 0 N–H and O–H groups in total. The number of benzene rings is 2. The minimum Gasteiger partial charge on any atom is -0.467 e. The van der Waals surface area contributed by atoms with Gasteiger partial charge in [-0.05, 0) is 72.7 Å². The first-order valence-corrected chi connectivity index (χ1v) is 9.83. The molecule has 0 atom stereocenters. The fourth-order valence-corrected chi connectivity index (χ4v) is 3.55. The summed E-state index contributed by atoms with van der Waals surface area (Å²) in [6.45, 7) is 14.1. The van der Waals surface area contributed by atoms with Gasteiger partial charge in [0.2, 0.25) is 0 Å². The lowest BCUT2D eigenvalue weighted by Gasteiger charge is -2.31. The molecule has 4 heteroatoms. The van der Waals surface area contributed by atoms with E-state index in [2.05, 4.69) is 64.6 Å². The Bertz CT molecular complexity index is 827. The first kappa shape index (κ1) is 21.8. The van der Waals surface area contributed by atoms with Crippen molar-refractivity contribution in [2.75, 3.05) is 25.3 Å². The minimum absolute atomic E-state index is 0.239. The quantitative estimate of drug-likeness (QED) is 0.521. The Labute approximate surface area is 169 Å². The van der Waals surface area contributed by atoms with E-state index in [1.165, 1.54) is 5.69 Å². The standard InChI is InChI=1S/C24H32N2O2/c1-16(2)14-26(24-18(5)10-20(13-25)11-19(24)6)21-8-9-23(28-15-27-7)22(12-21)17(3)4/h8-12,16-17H,14-15H2,1-7H3. The van der Waals surface area contributed by atoms with E-state index >= 15 is 0 Å². The summed E-state index contributed by atoms with van der Waals surface area (Å²) in [7, 11) is 1.63. The van der Waals surface area contributed by atoms with Crippen molar-refractivity contribution in [3.63, 3.8) is 0 Å². The SMILES string of the molecule is COCOc1ccc(N(CC(C)C)c2c(C)cc(C#N)cc2C)cc1C(C)C. The van der Waals surface area contributed by atoms with E-state index in [0.29, 0.717) is 17.4 Å². The average molecular weight is 381 g/mol. The van der Waals surface area contributed by atoms with E-state index < -0.39 is 0 Å². The molecule has 0 aromatic heterocycles. The van der Waals surface area contributed by atoms with Gasteiger partial charge < -0.3 is 14.4 Å². The molecule has 0 saturated heterocycles. The number of anilines is 2. The molecule has 28 heavy (non-hydrogen) atoms. The number of hydrogen-bond donors (Lipinski definition) is 0.